The van der Waals surface area contributed by atoms with Crippen LogP contribution in [0, 0.1) is 11.8 Å². The third-order valence-corrected chi connectivity index (χ3v) is 5.30. The Hall–Kier alpha value is -1.36. The van der Waals surface area contributed by atoms with E-state index in [0.29, 0.717) is 13.1 Å². The molecule has 0 radical (unpaired) electrons. The zero-order chi connectivity index (χ0) is 15.2. The molecular formula is C16H18BrNO3. The maximum absolute atomic E-state index is 12.8. The lowest BCUT2D eigenvalue weighted by molar-refractivity contribution is -0.142. The van der Waals surface area contributed by atoms with Crippen LogP contribution in [0.15, 0.2) is 28.7 Å². The summed E-state index contributed by atoms with van der Waals surface area (Å²) in [5.41, 5.74) is 0.635. The molecule has 1 heterocycles. The van der Waals surface area contributed by atoms with Crippen molar-refractivity contribution in [1.29, 1.82) is 0 Å². The third kappa shape index (κ3) is 2.48. The maximum Gasteiger partial charge on any atom is 0.308 e. The van der Waals surface area contributed by atoms with Gasteiger partial charge in [-0.05, 0) is 36.5 Å². The summed E-state index contributed by atoms with van der Waals surface area (Å²) in [4.78, 5) is 25.8. The molecule has 1 N–H and O–H groups in total. The van der Waals surface area contributed by atoms with Gasteiger partial charge < -0.3 is 10.0 Å². The van der Waals surface area contributed by atoms with Crippen molar-refractivity contribution in [1.82, 2.24) is 4.90 Å². The highest BCUT2D eigenvalue weighted by Gasteiger charge is 2.54. The fraction of sp³-hybridized carbons (Fsp3) is 0.500. The van der Waals surface area contributed by atoms with Crippen molar-refractivity contribution in [3.8, 4) is 0 Å². The van der Waals surface area contributed by atoms with E-state index in [2.05, 4.69) is 15.9 Å². The van der Waals surface area contributed by atoms with Gasteiger partial charge in [0, 0.05) is 17.6 Å². The minimum atomic E-state index is -0.800. The Morgan fingerprint density at radius 3 is 2.33 bits per heavy atom. The lowest BCUT2D eigenvalue weighted by atomic mass is 9.94. The van der Waals surface area contributed by atoms with Gasteiger partial charge in [0.05, 0.1) is 11.3 Å². The van der Waals surface area contributed by atoms with Crippen LogP contribution in [0.3, 0.4) is 0 Å². The van der Waals surface area contributed by atoms with Gasteiger partial charge in [0.25, 0.3) is 0 Å². The fourth-order valence-corrected chi connectivity index (χ4v) is 3.54. The predicted molar refractivity (Wildman–Crippen MR) is 81.9 cm³/mol. The van der Waals surface area contributed by atoms with Gasteiger partial charge in [-0.15, -0.1) is 0 Å². The lowest BCUT2D eigenvalue weighted by Gasteiger charge is -2.23. The van der Waals surface area contributed by atoms with Crippen LogP contribution in [0.5, 0.6) is 0 Å². The highest BCUT2D eigenvalue weighted by Crippen LogP contribution is 2.50. The molecule has 1 saturated heterocycles. The smallest absolute Gasteiger partial charge is 0.308 e. The largest absolute Gasteiger partial charge is 0.481 e. The Kier molecular flexibility index (Phi) is 3.56. The van der Waals surface area contributed by atoms with Gasteiger partial charge in [0.1, 0.15) is 0 Å². The molecule has 2 atom stereocenters. The number of carbonyl (C=O) groups is 2. The summed E-state index contributed by atoms with van der Waals surface area (Å²) in [5.74, 6) is -1.12. The van der Waals surface area contributed by atoms with E-state index in [4.69, 9.17) is 0 Å². The van der Waals surface area contributed by atoms with Crippen molar-refractivity contribution in [2.75, 3.05) is 13.1 Å². The summed E-state index contributed by atoms with van der Waals surface area (Å²) >= 11 is 3.41. The third-order valence-electron chi connectivity index (χ3n) is 4.77. The summed E-state index contributed by atoms with van der Waals surface area (Å²) < 4.78 is 0.996. The Labute approximate surface area is 132 Å². The molecule has 5 heteroatoms. The Balaban J connectivity index is 1.80. The quantitative estimate of drug-likeness (QED) is 0.910. The molecular weight excluding hydrogens is 334 g/mol. The lowest BCUT2D eigenvalue weighted by Crippen LogP contribution is -2.38. The van der Waals surface area contributed by atoms with Crippen LogP contribution in [0.4, 0.5) is 0 Å². The first-order chi connectivity index (χ1) is 9.94. The number of carbonyl (C=O) groups excluding carboxylic acids is 1. The molecule has 1 aliphatic heterocycles. The number of amides is 1. The number of aliphatic carboxylic acids is 1. The van der Waals surface area contributed by atoms with Crippen molar-refractivity contribution in [3.05, 3.63) is 34.3 Å². The van der Waals surface area contributed by atoms with E-state index in [1.165, 1.54) is 0 Å². The van der Waals surface area contributed by atoms with Crippen LogP contribution in [0.1, 0.15) is 25.3 Å². The molecule has 0 aromatic heterocycles. The van der Waals surface area contributed by atoms with E-state index >= 15 is 0 Å². The number of rotatable bonds is 3. The average molecular weight is 352 g/mol. The summed E-state index contributed by atoms with van der Waals surface area (Å²) in [6.07, 6.45) is 1.71. The Bertz CT molecular complexity index is 580. The molecule has 1 aliphatic carbocycles. The first kappa shape index (κ1) is 14.6. The van der Waals surface area contributed by atoms with Crippen LogP contribution < -0.4 is 0 Å². The number of carboxylic acid groups (broad SMARTS) is 1. The number of hydrogen-bond acceptors (Lipinski definition) is 2. The number of likely N-dealkylation sites (tertiary alicyclic amines) is 1. The number of benzene rings is 1. The monoisotopic (exact) mass is 351 g/mol. The van der Waals surface area contributed by atoms with E-state index in [9.17, 15) is 14.7 Å². The molecule has 0 bridgehead atoms. The van der Waals surface area contributed by atoms with Gasteiger partial charge in [-0.1, -0.05) is 35.0 Å². The van der Waals surface area contributed by atoms with Crippen molar-refractivity contribution in [2.45, 2.75) is 25.2 Å². The molecule has 2 unspecified atom stereocenters. The van der Waals surface area contributed by atoms with Gasteiger partial charge in [-0.25, -0.2) is 0 Å². The van der Waals surface area contributed by atoms with Crippen LogP contribution in [-0.4, -0.2) is 35.0 Å². The van der Waals surface area contributed by atoms with Crippen molar-refractivity contribution in [3.63, 3.8) is 0 Å². The topological polar surface area (TPSA) is 57.6 Å². The molecule has 2 aliphatic rings. The summed E-state index contributed by atoms with van der Waals surface area (Å²) in [5, 5.41) is 9.21. The first-order valence-corrected chi connectivity index (χ1v) is 8.01. The second-order valence-corrected chi connectivity index (χ2v) is 7.14. The van der Waals surface area contributed by atoms with Gasteiger partial charge in [-0.2, -0.15) is 0 Å². The second kappa shape index (κ2) is 5.13. The molecule has 1 aromatic rings. The highest BCUT2D eigenvalue weighted by atomic mass is 79.9. The van der Waals surface area contributed by atoms with E-state index in [1.807, 2.05) is 31.2 Å². The molecule has 112 valence electrons. The second-order valence-electron chi connectivity index (χ2n) is 6.22. The van der Waals surface area contributed by atoms with Crippen LogP contribution in [0.25, 0.3) is 0 Å². The molecule has 4 nitrogen and oxygen atoms in total. The zero-order valence-electron chi connectivity index (χ0n) is 11.9. The van der Waals surface area contributed by atoms with Crippen LogP contribution >= 0.6 is 15.9 Å². The van der Waals surface area contributed by atoms with Crippen molar-refractivity contribution < 1.29 is 14.7 Å². The van der Waals surface area contributed by atoms with E-state index in [-0.39, 0.29) is 11.8 Å². The standard InChI is InChI=1S/C16H18BrNO3/c1-10-8-18(9-13(10)14(19)20)15(21)16(6-7-16)11-2-4-12(17)5-3-11/h2-5,10,13H,6-9H2,1H3,(H,19,20). The predicted octanol–water partition coefficient (Wildman–Crippen LogP) is 2.66. The van der Waals surface area contributed by atoms with Gasteiger partial charge in [-0.3, -0.25) is 9.59 Å². The fourth-order valence-electron chi connectivity index (χ4n) is 3.28. The molecule has 2 fully saturated rings. The van der Waals surface area contributed by atoms with E-state index < -0.39 is 17.3 Å². The van der Waals surface area contributed by atoms with Gasteiger partial charge in [0.15, 0.2) is 0 Å². The van der Waals surface area contributed by atoms with Crippen LogP contribution in [0.2, 0.25) is 0 Å². The molecule has 3 rings (SSSR count). The molecule has 1 saturated carbocycles. The molecule has 0 spiro atoms. The summed E-state index contributed by atoms with van der Waals surface area (Å²) in [6.45, 7) is 2.80. The zero-order valence-corrected chi connectivity index (χ0v) is 13.5. The van der Waals surface area contributed by atoms with Crippen molar-refractivity contribution in [2.24, 2.45) is 11.8 Å². The SMILES string of the molecule is CC1CN(C(=O)C2(c3ccc(Br)cc3)CC2)CC1C(=O)O. The maximum atomic E-state index is 12.8. The molecule has 1 aromatic carbocycles. The molecule has 21 heavy (non-hydrogen) atoms. The summed E-state index contributed by atoms with van der Waals surface area (Å²) in [7, 11) is 0. The summed E-state index contributed by atoms with van der Waals surface area (Å²) in [6, 6.07) is 7.89. The number of carboxylic acids is 1. The minimum Gasteiger partial charge on any atom is -0.481 e. The van der Waals surface area contributed by atoms with Gasteiger partial charge >= 0.3 is 5.97 Å². The van der Waals surface area contributed by atoms with Crippen molar-refractivity contribution >= 4 is 27.8 Å². The highest BCUT2D eigenvalue weighted by molar-refractivity contribution is 9.10. The first-order valence-electron chi connectivity index (χ1n) is 7.22. The normalized spacial score (nSPS) is 26.7. The van der Waals surface area contributed by atoms with Crippen LogP contribution in [-0.2, 0) is 15.0 Å². The Morgan fingerprint density at radius 1 is 1.24 bits per heavy atom. The Morgan fingerprint density at radius 2 is 1.86 bits per heavy atom. The number of nitrogens with zero attached hydrogens (tertiary/aromatic N) is 1. The number of hydrogen-bond donors (Lipinski definition) is 1. The average Bonchev–Trinajstić information content (AvgIpc) is 3.16. The van der Waals surface area contributed by atoms with E-state index in [1.54, 1.807) is 4.90 Å². The number of halogens is 1. The molecule has 1 amide bonds. The van der Waals surface area contributed by atoms with E-state index in [0.717, 1.165) is 22.9 Å². The van der Waals surface area contributed by atoms with Gasteiger partial charge in [0.2, 0.25) is 5.91 Å². The minimum absolute atomic E-state index is 0.0205.